The second kappa shape index (κ2) is 6.17. The molecule has 0 saturated heterocycles. The summed E-state index contributed by atoms with van der Waals surface area (Å²) < 4.78 is 10.8. The van der Waals surface area contributed by atoms with Crippen LogP contribution in [0.5, 0.6) is 11.5 Å². The molecule has 80 valence electrons. The Morgan fingerprint density at radius 1 is 1.20 bits per heavy atom. The third kappa shape index (κ3) is 3.35. The normalized spacial score (nSPS) is 9.20. The van der Waals surface area contributed by atoms with Crippen molar-refractivity contribution in [2.24, 2.45) is 4.99 Å². The van der Waals surface area contributed by atoms with Gasteiger partial charge in [0, 0.05) is 6.07 Å². The molecule has 0 N–H and O–H groups in total. The van der Waals surface area contributed by atoms with Crippen molar-refractivity contribution in [2.75, 3.05) is 13.2 Å². The van der Waals surface area contributed by atoms with Crippen LogP contribution in [0.15, 0.2) is 23.2 Å². The molecule has 3 nitrogen and oxygen atoms in total. The van der Waals surface area contributed by atoms with Crippen LogP contribution in [0, 0.1) is 0 Å². The maximum atomic E-state index is 5.43. The molecule has 0 aliphatic heterocycles. The van der Waals surface area contributed by atoms with Crippen molar-refractivity contribution in [3.05, 3.63) is 18.2 Å². The molecule has 0 aromatic heterocycles. The number of benzene rings is 1. The first-order chi connectivity index (χ1) is 7.31. The molecule has 0 radical (unpaired) electrons. The van der Waals surface area contributed by atoms with Gasteiger partial charge in [-0.25, -0.2) is 0 Å². The molecule has 0 bridgehead atoms. The van der Waals surface area contributed by atoms with Gasteiger partial charge in [-0.3, -0.25) is 0 Å². The first-order valence-electron chi connectivity index (χ1n) is 4.79. The van der Waals surface area contributed by atoms with Gasteiger partial charge in [-0.2, -0.15) is 4.99 Å². The molecule has 0 atom stereocenters. The standard InChI is InChI=1S/C11H13NO2S/c1-3-13-10-6-5-9(12-8-15)7-11(10)14-4-2/h5-7H,3-4H2,1-2H3. The predicted octanol–water partition coefficient (Wildman–Crippen LogP) is 3.22. The van der Waals surface area contributed by atoms with Gasteiger partial charge in [-0.1, -0.05) is 0 Å². The minimum absolute atomic E-state index is 0.588. The topological polar surface area (TPSA) is 30.8 Å². The molecule has 1 aromatic rings. The van der Waals surface area contributed by atoms with E-state index in [1.54, 1.807) is 6.07 Å². The van der Waals surface area contributed by atoms with E-state index >= 15 is 0 Å². The van der Waals surface area contributed by atoms with E-state index in [2.05, 4.69) is 22.4 Å². The third-order valence-corrected chi connectivity index (χ3v) is 1.79. The molecule has 0 spiro atoms. The van der Waals surface area contributed by atoms with Crippen LogP contribution >= 0.6 is 12.2 Å². The van der Waals surface area contributed by atoms with Crippen molar-refractivity contribution in [3.63, 3.8) is 0 Å². The van der Waals surface area contributed by atoms with Crippen LogP contribution in [-0.2, 0) is 0 Å². The Morgan fingerprint density at radius 2 is 1.87 bits per heavy atom. The van der Waals surface area contributed by atoms with E-state index in [9.17, 15) is 0 Å². The van der Waals surface area contributed by atoms with E-state index in [0.29, 0.717) is 19.0 Å². The van der Waals surface area contributed by atoms with Crippen molar-refractivity contribution in [1.82, 2.24) is 0 Å². The summed E-state index contributed by atoms with van der Waals surface area (Å²) in [4.78, 5) is 3.88. The van der Waals surface area contributed by atoms with Crippen LogP contribution in [0.25, 0.3) is 0 Å². The highest BCUT2D eigenvalue weighted by Crippen LogP contribution is 2.31. The maximum absolute atomic E-state index is 5.43. The summed E-state index contributed by atoms with van der Waals surface area (Å²) in [6, 6.07) is 5.42. The fraction of sp³-hybridized carbons (Fsp3) is 0.364. The van der Waals surface area contributed by atoms with Gasteiger partial charge in [-0.05, 0) is 38.2 Å². The van der Waals surface area contributed by atoms with Gasteiger partial charge in [0.15, 0.2) is 11.5 Å². The molecule has 0 unspecified atom stereocenters. The first kappa shape index (κ1) is 11.7. The Kier molecular flexibility index (Phi) is 4.81. The maximum Gasteiger partial charge on any atom is 0.163 e. The Hall–Kier alpha value is -1.38. The summed E-state index contributed by atoms with van der Waals surface area (Å²) in [6.45, 7) is 5.05. The lowest BCUT2D eigenvalue weighted by Gasteiger charge is -2.10. The highest BCUT2D eigenvalue weighted by Gasteiger charge is 2.04. The fourth-order valence-electron chi connectivity index (χ4n) is 1.16. The first-order valence-corrected chi connectivity index (χ1v) is 5.20. The Morgan fingerprint density at radius 3 is 2.47 bits per heavy atom. The average Bonchev–Trinajstić information content (AvgIpc) is 2.23. The van der Waals surface area contributed by atoms with E-state index < -0.39 is 0 Å². The van der Waals surface area contributed by atoms with Crippen LogP contribution < -0.4 is 9.47 Å². The van der Waals surface area contributed by atoms with Gasteiger partial charge in [0.25, 0.3) is 0 Å². The van der Waals surface area contributed by atoms with Crippen molar-refractivity contribution in [1.29, 1.82) is 0 Å². The van der Waals surface area contributed by atoms with E-state index in [1.807, 2.05) is 26.0 Å². The second-order valence-corrected chi connectivity index (χ2v) is 2.88. The molecule has 1 aromatic carbocycles. The quantitative estimate of drug-likeness (QED) is 0.567. The molecule has 0 amide bonds. The average molecular weight is 223 g/mol. The van der Waals surface area contributed by atoms with Gasteiger partial charge in [-0.15, -0.1) is 0 Å². The highest BCUT2D eigenvalue weighted by atomic mass is 32.1. The van der Waals surface area contributed by atoms with Crippen molar-refractivity contribution >= 4 is 23.1 Å². The second-order valence-electron chi connectivity index (χ2n) is 2.70. The minimum atomic E-state index is 0.588. The summed E-state index contributed by atoms with van der Waals surface area (Å²) in [6.07, 6.45) is 0. The third-order valence-electron chi connectivity index (χ3n) is 1.70. The molecule has 0 fully saturated rings. The zero-order chi connectivity index (χ0) is 11.1. The Labute approximate surface area is 94.7 Å². The number of hydrogen-bond donors (Lipinski definition) is 0. The molecule has 0 aliphatic carbocycles. The van der Waals surface area contributed by atoms with Gasteiger partial charge >= 0.3 is 0 Å². The number of nitrogens with zero attached hydrogens (tertiary/aromatic N) is 1. The Bertz CT molecular complexity index is 373. The van der Waals surface area contributed by atoms with E-state index in [1.165, 1.54) is 0 Å². The summed E-state index contributed by atoms with van der Waals surface area (Å²) in [5.74, 6) is 1.41. The summed E-state index contributed by atoms with van der Waals surface area (Å²) >= 11 is 4.54. The summed E-state index contributed by atoms with van der Waals surface area (Å²) in [7, 11) is 0. The molecule has 1 rings (SSSR count). The molecule has 4 heteroatoms. The van der Waals surface area contributed by atoms with Crippen LogP contribution in [-0.4, -0.2) is 18.4 Å². The number of isothiocyanates is 1. The van der Waals surface area contributed by atoms with Crippen LogP contribution in [0.2, 0.25) is 0 Å². The molecular formula is C11H13NO2S. The van der Waals surface area contributed by atoms with E-state index in [-0.39, 0.29) is 0 Å². The summed E-state index contributed by atoms with van der Waals surface area (Å²) in [5, 5.41) is 2.32. The SMILES string of the molecule is CCOc1ccc(N=C=S)cc1OCC. The predicted molar refractivity (Wildman–Crippen MR) is 63.5 cm³/mol. The van der Waals surface area contributed by atoms with Crippen molar-refractivity contribution in [2.45, 2.75) is 13.8 Å². The molecule has 0 aliphatic rings. The van der Waals surface area contributed by atoms with Crippen LogP contribution in [0.3, 0.4) is 0 Å². The van der Waals surface area contributed by atoms with Crippen LogP contribution in [0.1, 0.15) is 13.8 Å². The monoisotopic (exact) mass is 223 g/mol. The highest BCUT2D eigenvalue weighted by molar-refractivity contribution is 7.78. The fourth-order valence-corrected chi connectivity index (χ4v) is 1.27. The minimum Gasteiger partial charge on any atom is -0.490 e. The van der Waals surface area contributed by atoms with Crippen molar-refractivity contribution in [3.8, 4) is 11.5 Å². The molecule has 15 heavy (non-hydrogen) atoms. The lowest BCUT2D eigenvalue weighted by Crippen LogP contribution is -1.97. The number of thiocarbonyl (C=S) groups is 1. The van der Waals surface area contributed by atoms with Crippen LogP contribution in [0.4, 0.5) is 5.69 Å². The zero-order valence-corrected chi connectivity index (χ0v) is 9.63. The number of rotatable bonds is 5. The Balaban J connectivity index is 3.02. The lowest BCUT2D eigenvalue weighted by molar-refractivity contribution is 0.288. The number of ether oxygens (including phenoxy) is 2. The lowest BCUT2D eigenvalue weighted by atomic mass is 10.3. The van der Waals surface area contributed by atoms with Gasteiger partial charge in [0.1, 0.15) is 0 Å². The molecule has 0 saturated carbocycles. The van der Waals surface area contributed by atoms with Gasteiger partial charge in [0.2, 0.25) is 0 Å². The van der Waals surface area contributed by atoms with E-state index in [0.717, 1.165) is 11.4 Å². The largest absolute Gasteiger partial charge is 0.490 e. The van der Waals surface area contributed by atoms with Gasteiger partial charge < -0.3 is 9.47 Å². The smallest absolute Gasteiger partial charge is 0.163 e. The number of aliphatic imine (C=N–C) groups is 1. The van der Waals surface area contributed by atoms with E-state index in [4.69, 9.17) is 9.47 Å². The van der Waals surface area contributed by atoms with Gasteiger partial charge in [0.05, 0.1) is 24.1 Å². The summed E-state index contributed by atoms with van der Waals surface area (Å²) in [5.41, 5.74) is 0.719. The van der Waals surface area contributed by atoms with Crippen molar-refractivity contribution < 1.29 is 9.47 Å². The zero-order valence-electron chi connectivity index (χ0n) is 8.82. The molecular weight excluding hydrogens is 210 g/mol. The number of hydrogen-bond acceptors (Lipinski definition) is 4. The molecule has 0 heterocycles.